The number of aromatic nitrogens is 2. The Morgan fingerprint density at radius 1 is 1.00 bits per heavy atom. The zero-order valence-corrected chi connectivity index (χ0v) is 23.0. The summed E-state index contributed by atoms with van der Waals surface area (Å²) in [4.78, 5) is 24.6. The first-order valence-corrected chi connectivity index (χ1v) is 13.3. The molecule has 200 valence electrons. The molecule has 0 aliphatic rings. The first kappa shape index (κ1) is 28.0. The second-order valence-corrected chi connectivity index (χ2v) is 9.81. The van der Waals surface area contributed by atoms with E-state index in [1.807, 2.05) is 31.2 Å². The maximum Gasteiger partial charge on any atom is 0.257 e. The van der Waals surface area contributed by atoms with Crippen LogP contribution in [0.5, 0.6) is 11.5 Å². The molecule has 1 heterocycles. The summed E-state index contributed by atoms with van der Waals surface area (Å²) in [6.45, 7) is 2.46. The first-order chi connectivity index (χ1) is 18.9. The summed E-state index contributed by atoms with van der Waals surface area (Å²) in [5.74, 6) is 0.103. The number of rotatable bonds is 11. The van der Waals surface area contributed by atoms with Crippen molar-refractivity contribution >= 4 is 57.7 Å². The predicted octanol–water partition coefficient (Wildman–Crippen LogP) is 5.77. The molecule has 0 bridgehead atoms. The molecule has 0 aliphatic carbocycles. The number of nitrogens with zero attached hydrogens (tertiary/aromatic N) is 3. The summed E-state index contributed by atoms with van der Waals surface area (Å²) in [6, 6.07) is 19.4. The highest BCUT2D eigenvalue weighted by Crippen LogP contribution is 2.37. The molecule has 0 atom stereocenters. The van der Waals surface area contributed by atoms with Gasteiger partial charge in [0.15, 0.2) is 11.5 Å². The summed E-state index contributed by atoms with van der Waals surface area (Å²) in [5.41, 5.74) is 4.35. The van der Waals surface area contributed by atoms with Crippen molar-refractivity contribution in [3.8, 4) is 11.5 Å². The molecule has 0 aliphatic heterocycles. The minimum Gasteiger partial charge on any atom is -0.490 e. The Hall–Kier alpha value is -3.99. The summed E-state index contributed by atoms with van der Waals surface area (Å²) < 4.78 is 11.6. The van der Waals surface area contributed by atoms with Gasteiger partial charge in [-0.15, -0.1) is 10.2 Å². The molecule has 3 aromatic carbocycles. The molecule has 39 heavy (non-hydrogen) atoms. The molecule has 1 aromatic heterocycles. The third-order valence-electron chi connectivity index (χ3n) is 5.10. The third-order valence-corrected chi connectivity index (χ3v) is 6.59. The topological polar surface area (TPSA) is 115 Å². The van der Waals surface area contributed by atoms with Gasteiger partial charge in [0.1, 0.15) is 11.6 Å². The molecule has 0 spiro atoms. The molecule has 4 aromatic rings. The monoisotopic (exact) mass is 583 g/mol. The number of carbonyl (C=O) groups is 2. The largest absolute Gasteiger partial charge is 0.490 e. The van der Waals surface area contributed by atoms with Gasteiger partial charge in [0.2, 0.25) is 11.0 Å². The number of nitrogens with one attached hydrogen (secondary N) is 2. The number of carbonyl (C=O) groups excluding carboxylic acids is 2. The van der Waals surface area contributed by atoms with Crippen molar-refractivity contribution in [3.05, 3.63) is 98.5 Å². The van der Waals surface area contributed by atoms with E-state index < -0.39 is 5.91 Å². The average Bonchev–Trinajstić information content (AvgIpc) is 3.36. The lowest BCUT2D eigenvalue weighted by atomic mass is 10.2. The highest BCUT2D eigenvalue weighted by atomic mass is 35.5. The van der Waals surface area contributed by atoms with E-state index in [2.05, 4.69) is 26.0 Å². The summed E-state index contributed by atoms with van der Waals surface area (Å²) >= 11 is 13.8. The third kappa shape index (κ3) is 8.00. The Labute approximate surface area is 238 Å². The summed E-state index contributed by atoms with van der Waals surface area (Å²) in [6.07, 6.45) is 1.38. The molecule has 9 nitrogen and oxygen atoms in total. The van der Waals surface area contributed by atoms with Crippen LogP contribution < -0.4 is 20.2 Å². The van der Waals surface area contributed by atoms with Gasteiger partial charge in [-0.05, 0) is 42.8 Å². The highest BCUT2D eigenvalue weighted by molar-refractivity contribution is 7.15. The van der Waals surface area contributed by atoms with Crippen LogP contribution in [0, 0.1) is 0 Å². The Kier molecular flexibility index (Phi) is 9.85. The maximum atomic E-state index is 12.3. The number of hydrazone groups is 1. The fraction of sp³-hybridized carbons (Fsp3) is 0.148. The van der Waals surface area contributed by atoms with Gasteiger partial charge in [0, 0.05) is 16.1 Å². The van der Waals surface area contributed by atoms with Crippen molar-refractivity contribution in [1.29, 1.82) is 0 Å². The number of benzene rings is 3. The van der Waals surface area contributed by atoms with Gasteiger partial charge in [0.05, 0.1) is 24.3 Å². The van der Waals surface area contributed by atoms with Crippen LogP contribution >= 0.6 is 34.5 Å². The number of halogens is 2. The van der Waals surface area contributed by atoms with Gasteiger partial charge in [0.25, 0.3) is 5.91 Å². The molecule has 0 unspecified atom stereocenters. The van der Waals surface area contributed by atoms with E-state index in [1.54, 1.807) is 42.5 Å². The zero-order valence-electron chi connectivity index (χ0n) is 20.7. The molecule has 0 fully saturated rings. The second-order valence-electron chi connectivity index (χ2n) is 7.93. The van der Waals surface area contributed by atoms with E-state index >= 15 is 0 Å². The predicted molar refractivity (Wildman–Crippen MR) is 152 cm³/mol. The number of hydrogen-bond acceptors (Lipinski definition) is 8. The fourth-order valence-electron chi connectivity index (χ4n) is 3.32. The number of ether oxygens (including phenoxy) is 2. The minimum absolute atomic E-state index is 0.0595. The molecule has 12 heteroatoms. The van der Waals surface area contributed by atoms with Crippen LogP contribution in [-0.2, 0) is 17.8 Å². The quantitative estimate of drug-likeness (QED) is 0.171. The summed E-state index contributed by atoms with van der Waals surface area (Å²) in [7, 11) is 0. The Morgan fingerprint density at radius 2 is 1.77 bits per heavy atom. The van der Waals surface area contributed by atoms with Crippen LogP contribution in [0.3, 0.4) is 0 Å². The minimum atomic E-state index is -0.404. The Morgan fingerprint density at radius 3 is 2.54 bits per heavy atom. The van der Waals surface area contributed by atoms with Gasteiger partial charge in [-0.3, -0.25) is 14.9 Å². The molecule has 0 saturated heterocycles. The smallest absolute Gasteiger partial charge is 0.257 e. The van der Waals surface area contributed by atoms with Gasteiger partial charge < -0.3 is 9.47 Å². The van der Waals surface area contributed by atoms with Crippen molar-refractivity contribution in [2.75, 3.05) is 11.9 Å². The zero-order chi connectivity index (χ0) is 27.6. The van der Waals surface area contributed by atoms with Crippen molar-refractivity contribution in [2.45, 2.75) is 20.0 Å². The van der Waals surface area contributed by atoms with Crippen LogP contribution in [0.1, 0.15) is 33.4 Å². The Balaban J connectivity index is 1.34. The summed E-state index contributed by atoms with van der Waals surface area (Å²) in [5, 5.41) is 16.2. The lowest BCUT2D eigenvalue weighted by Crippen LogP contribution is -2.19. The van der Waals surface area contributed by atoms with Crippen molar-refractivity contribution in [1.82, 2.24) is 15.6 Å². The van der Waals surface area contributed by atoms with E-state index in [-0.39, 0.29) is 18.9 Å². The molecule has 2 N–H and O–H groups in total. The van der Waals surface area contributed by atoms with Crippen molar-refractivity contribution in [2.24, 2.45) is 5.10 Å². The average molecular weight is 584 g/mol. The lowest BCUT2D eigenvalue weighted by Gasteiger charge is -2.15. The van der Waals surface area contributed by atoms with Gasteiger partial charge in [-0.1, -0.05) is 70.9 Å². The molecule has 0 radical (unpaired) electrons. The number of anilines is 1. The lowest BCUT2D eigenvalue weighted by molar-refractivity contribution is -0.120. The van der Waals surface area contributed by atoms with E-state index in [4.69, 9.17) is 32.7 Å². The van der Waals surface area contributed by atoms with Crippen molar-refractivity contribution < 1.29 is 19.1 Å². The second kappa shape index (κ2) is 13.7. The molecular formula is C27H23Cl2N5O4S. The fourth-order valence-corrected chi connectivity index (χ4v) is 4.52. The van der Waals surface area contributed by atoms with Crippen molar-refractivity contribution in [3.63, 3.8) is 0 Å². The molecule has 2 amide bonds. The number of hydrogen-bond donors (Lipinski definition) is 2. The van der Waals surface area contributed by atoms with Gasteiger partial charge in [-0.2, -0.15) is 5.10 Å². The van der Waals surface area contributed by atoms with E-state index in [1.165, 1.54) is 6.21 Å². The van der Waals surface area contributed by atoms with E-state index in [9.17, 15) is 9.59 Å². The van der Waals surface area contributed by atoms with Crippen LogP contribution in [0.4, 0.5) is 5.13 Å². The number of amides is 2. The van der Waals surface area contributed by atoms with Crippen LogP contribution in [-0.4, -0.2) is 34.8 Å². The van der Waals surface area contributed by atoms with Crippen LogP contribution in [0.2, 0.25) is 10.0 Å². The first-order valence-electron chi connectivity index (χ1n) is 11.8. The van der Waals surface area contributed by atoms with Crippen LogP contribution in [0.15, 0.2) is 71.8 Å². The highest BCUT2D eigenvalue weighted by Gasteiger charge is 2.14. The molecule has 4 rings (SSSR count). The molecule has 0 saturated carbocycles. The maximum absolute atomic E-state index is 12.3. The Bertz CT molecular complexity index is 1480. The standard InChI is InChI=1S/C27H23Cl2N5O4S/c1-2-37-22-13-17(12-21(29)25(22)38-16-19-10-6-7-11-20(19)28)15-30-32-23(35)14-24-33-34-27(39-24)31-26(36)18-8-4-3-5-9-18/h3-13,15H,2,14,16H2,1H3,(H,32,35)(H,31,34,36)/b30-15+. The van der Waals surface area contributed by atoms with Gasteiger partial charge >= 0.3 is 0 Å². The van der Waals surface area contributed by atoms with E-state index in [0.29, 0.717) is 49.4 Å². The SMILES string of the molecule is CCOc1cc(/C=N/NC(=O)Cc2nnc(NC(=O)c3ccccc3)s2)cc(Cl)c1OCc1ccccc1Cl. The molecular weight excluding hydrogens is 561 g/mol. The van der Waals surface area contributed by atoms with Crippen LogP contribution in [0.25, 0.3) is 0 Å². The normalized spacial score (nSPS) is 10.8. The van der Waals surface area contributed by atoms with Gasteiger partial charge in [-0.25, -0.2) is 5.43 Å². The van der Waals surface area contributed by atoms with E-state index in [0.717, 1.165) is 16.9 Å².